The predicted molar refractivity (Wildman–Crippen MR) is 74.8 cm³/mol. The molecular formula is C12H19NO3S2. The molecule has 0 saturated carbocycles. The van der Waals surface area contributed by atoms with Gasteiger partial charge in [0.15, 0.2) is 9.84 Å². The third-order valence-corrected chi connectivity index (χ3v) is 6.41. The second-order valence-electron chi connectivity index (χ2n) is 4.36. The average Bonchev–Trinajstić information content (AvgIpc) is 2.82. The summed E-state index contributed by atoms with van der Waals surface area (Å²) in [6.07, 6.45) is 2.22. The molecule has 1 aromatic rings. The normalized spacial score (nSPS) is 12.4. The van der Waals surface area contributed by atoms with Crippen LogP contribution >= 0.6 is 11.3 Å². The van der Waals surface area contributed by atoms with Gasteiger partial charge in [0.1, 0.15) is 0 Å². The number of amides is 1. The fourth-order valence-electron chi connectivity index (χ4n) is 1.89. The van der Waals surface area contributed by atoms with Gasteiger partial charge in [-0.1, -0.05) is 13.8 Å². The molecule has 0 atom stereocenters. The number of sulfone groups is 1. The van der Waals surface area contributed by atoms with Gasteiger partial charge in [0.05, 0.1) is 4.75 Å². The Morgan fingerprint density at radius 1 is 1.39 bits per heavy atom. The van der Waals surface area contributed by atoms with E-state index in [-0.39, 0.29) is 12.5 Å². The van der Waals surface area contributed by atoms with Crippen LogP contribution in [0.4, 0.5) is 0 Å². The summed E-state index contributed by atoms with van der Waals surface area (Å²) < 4.78 is 22.9. The maximum atomic E-state index is 11.9. The monoisotopic (exact) mass is 289 g/mol. The minimum Gasteiger partial charge on any atom is -0.350 e. The van der Waals surface area contributed by atoms with Crippen LogP contribution in [0.25, 0.3) is 0 Å². The van der Waals surface area contributed by atoms with Crippen molar-refractivity contribution in [1.29, 1.82) is 0 Å². The van der Waals surface area contributed by atoms with Crippen molar-refractivity contribution in [2.24, 2.45) is 0 Å². The molecule has 0 radical (unpaired) electrons. The van der Waals surface area contributed by atoms with Crippen LogP contribution in [0.2, 0.25) is 0 Å². The smallest absolute Gasteiger partial charge is 0.252 e. The zero-order chi connectivity index (χ0) is 13.8. The van der Waals surface area contributed by atoms with Gasteiger partial charge in [-0.15, -0.1) is 0 Å². The van der Waals surface area contributed by atoms with Crippen LogP contribution in [0.5, 0.6) is 0 Å². The molecule has 0 aliphatic heterocycles. The van der Waals surface area contributed by atoms with E-state index in [0.717, 1.165) is 0 Å². The summed E-state index contributed by atoms with van der Waals surface area (Å²) in [6, 6.07) is 1.72. The van der Waals surface area contributed by atoms with Gasteiger partial charge < -0.3 is 5.32 Å². The van der Waals surface area contributed by atoms with Crippen LogP contribution in [0, 0.1) is 0 Å². The van der Waals surface area contributed by atoms with Crippen LogP contribution in [0.3, 0.4) is 0 Å². The Kier molecular flexibility index (Phi) is 4.92. The minimum atomic E-state index is -3.20. The molecule has 1 amide bonds. The van der Waals surface area contributed by atoms with E-state index in [9.17, 15) is 13.2 Å². The first-order valence-corrected chi connectivity index (χ1v) is 8.69. The summed E-state index contributed by atoms with van der Waals surface area (Å²) in [5.41, 5.74) is 0.578. The second-order valence-corrected chi connectivity index (χ2v) is 7.55. The lowest BCUT2D eigenvalue weighted by Gasteiger charge is -2.29. The number of hydrogen-bond acceptors (Lipinski definition) is 4. The molecule has 0 saturated heterocycles. The van der Waals surface area contributed by atoms with Crippen LogP contribution in [-0.4, -0.2) is 31.9 Å². The van der Waals surface area contributed by atoms with E-state index in [1.54, 1.807) is 11.4 Å². The Labute approximate surface area is 112 Å². The first kappa shape index (κ1) is 15.2. The topological polar surface area (TPSA) is 63.2 Å². The fraction of sp³-hybridized carbons (Fsp3) is 0.583. The van der Waals surface area contributed by atoms with E-state index in [1.807, 2.05) is 19.2 Å². The lowest BCUT2D eigenvalue weighted by Crippen LogP contribution is -2.47. The van der Waals surface area contributed by atoms with E-state index in [4.69, 9.17) is 0 Å². The molecule has 1 aromatic heterocycles. The van der Waals surface area contributed by atoms with Gasteiger partial charge in [0.25, 0.3) is 5.91 Å². The molecule has 18 heavy (non-hydrogen) atoms. The van der Waals surface area contributed by atoms with Crippen molar-refractivity contribution in [3.05, 3.63) is 22.4 Å². The molecule has 6 heteroatoms. The first-order chi connectivity index (χ1) is 8.36. The second kappa shape index (κ2) is 5.84. The Balaban J connectivity index is 2.79. The molecule has 0 aromatic carbocycles. The quantitative estimate of drug-likeness (QED) is 0.872. The van der Waals surface area contributed by atoms with E-state index >= 15 is 0 Å². The molecule has 1 rings (SSSR count). The van der Waals surface area contributed by atoms with Gasteiger partial charge in [-0.3, -0.25) is 4.79 Å². The maximum absolute atomic E-state index is 11.9. The summed E-state index contributed by atoms with van der Waals surface area (Å²) in [7, 11) is -3.20. The number of carbonyl (C=O) groups is 1. The zero-order valence-corrected chi connectivity index (χ0v) is 12.5. The third kappa shape index (κ3) is 3.11. The largest absolute Gasteiger partial charge is 0.350 e. The zero-order valence-electron chi connectivity index (χ0n) is 10.9. The van der Waals surface area contributed by atoms with Crippen molar-refractivity contribution in [3.8, 4) is 0 Å². The third-order valence-electron chi connectivity index (χ3n) is 3.43. The SMILES string of the molecule is CCC(CC)(CNC(=O)c1ccsc1)S(C)(=O)=O. The highest BCUT2D eigenvalue weighted by Crippen LogP contribution is 2.24. The van der Waals surface area contributed by atoms with Gasteiger partial charge >= 0.3 is 0 Å². The van der Waals surface area contributed by atoms with Gasteiger partial charge in [0, 0.05) is 23.7 Å². The highest BCUT2D eigenvalue weighted by molar-refractivity contribution is 7.92. The van der Waals surface area contributed by atoms with Gasteiger partial charge in [0.2, 0.25) is 0 Å². The molecule has 102 valence electrons. The highest BCUT2D eigenvalue weighted by Gasteiger charge is 2.37. The predicted octanol–water partition coefficient (Wildman–Crippen LogP) is 2.08. The van der Waals surface area contributed by atoms with Gasteiger partial charge in [-0.05, 0) is 24.3 Å². The van der Waals surface area contributed by atoms with Crippen LogP contribution in [0.15, 0.2) is 16.8 Å². The van der Waals surface area contributed by atoms with Gasteiger partial charge in [-0.2, -0.15) is 11.3 Å². The molecule has 4 nitrogen and oxygen atoms in total. The van der Waals surface area contributed by atoms with E-state index in [0.29, 0.717) is 18.4 Å². The molecule has 0 aliphatic rings. The molecule has 1 heterocycles. The van der Waals surface area contributed by atoms with Crippen molar-refractivity contribution in [1.82, 2.24) is 5.32 Å². The Morgan fingerprint density at radius 3 is 2.39 bits per heavy atom. The molecule has 0 aliphatic carbocycles. The number of carbonyl (C=O) groups excluding carboxylic acids is 1. The van der Waals surface area contributed by atoms with Crippen molar-refractivity contribution in [2.75, 3.05) is 12.8 Å². The molecule has 0 fully saturated rings. The minimum absolute atomic E-state index is 0.160. The van der Waals surface area contributed by atoms with Crippen molar-refractivity contribution >= 4 is 27.1 Å². The summed E-state index contributed by atoms with van der Waals surface area (Å²) >= 11 is 1.44. The summed E-state index contributed by atoms with van der Waals surface area (Å²) in [6.45, 7) is 3.83. The molecule has 0 bridgehead atoms. The number of thiophene rings is 1. The summed E-state index contributed by atoms with van der Waals surface area (Å²) in [5.74, 6) is -0.217. The highest BCUT2D eigenvalue weighted by atomic mass is 32.2. The number of hydrogen-bond donors (Lipinski definition) is 1. The van der Waals surface area contributed by atoms with Crippen molar-refractivity contribution in [3.63, 3.8) is 0 Å². The van der Waals surface area contributed by atoms with Gasteiger partial charge in [-0.25, -0.2) is 8.42 Å². The van der Waals surface area contributed by atoms with E-state index in [2.05, 4.69) is 5.32 Å². The molecule has 1 N–H and O–H groups in total. The summed E-state index contributed by atoms with van der Waals surface area (Å²) in [4.78, 5) is 11.8. The Bertz CT molecular complexity index is 487. The number of rotatable bonds is 6. The van der Waals surface area contributed by atoms with Crippen LogP contribution in [0.1, 0.15) is 37.0 Å². The number of nitrogens with one attached hydrogen (secondary N) is 1. The summed E-state index contributed by atoms with van der Waals surface area (Å²) in [5, 5.41) is 6.29. The lowest BCUT2D eigenvalue weighted by atomic mass is 10.0. The molecule has 0 spiro atoms. The Morgan fingerprint density at radius 2 is 2.00 bits per heavy atom. The maximum Gasteiger partial charge on any atom is 0.252 e. The Hall–Kier alpha value is -0.880. The molecular weight excluding hydrogens is 270 g/mol. The van der Waals surface area contributed by atoms with Crippen LogP contribution in [-0.2, 0) is 9.84 Å². The van der Waals surface area contributed by atoms with E-state index in [1.165, 1.54) is 17.6 Å². The fourth-order valence-corrected chi connectivity index (χ4v) is 3.91. The average molecular weight is 289 g/mol. The first-order valence-electron chi connectivity index (χ1n) is 5.86. The lowest BCUT2D eigenvalue weighted by molar-refractivity contribution is 0.0949. The van der Waals surface area contributed by atoms with Crippen molar-refractivity contribution < 1.29 is 13.2 Å². The standard InChI is InChI=1S/C12H19NO3S2/c1-4-12(5-2,18(3,15)16)9-13-11(14)10-6-7-17-8-10/h6-8H,4-5,9H2,1-3H3,(H,13,14). The van der Waals surface area contributed by atoms with E-state index < -0.39 is 14.6 Å². The van der Waals surface area contributed by atoms with Crippen LogP contribution < -0.4 is 5.32 Å². The molecule has 0 unspecified atom stereocenters. The van der Waals surface area contributed by atoms with Crippen molar-refractivity contribution in [2.45, 2.75) is 31.4 Å².